The lowest BCUT2D eigenvalue weighted by molar-refractivity contribution is -0.905. The van der Waals surface area contributed by atoms with Crippen LogP contribution >= 0.6 is 0 Å². The molecule has 4 aromatic rings. The second-order valence-electron chi connectivity index (χ2n) is 8.15. The summed E-state index contributed by atoms with van der Waals surface area (Å²) >= 11 is 0. The molecular weight excluding hydrogens is 416 g/mol. The number of rotatable bonds is 3. The topological polar surface area (TPSA) is 88.1 Å². The molecule has 1 fully saturated rings. The van der Waals surface area contributed by atoms with Crippen molar-refractivity contribution in [2.24, 2.45) is 0 Å². The highest BCUT2D eigenvalue weighted by Crippen LogP contribution is 2.20. The standard InChI is InChI=1S/C26H20N4O3/c1-17-12-19(15-29(33)14-17)8-7-18-4-2-5-21(13-18)30-16-23(26(32)28-20-9-10-20)24(31)22-6-3-11-27-25(22)30/h2-6,11-16,20H,9-10H2,1H3,(H-,28,32,33)/p+1. The van der Waals surface area contributed by atoms with Crippen LogP contribution in [-0.4, -0.2) is 26.7 Å². The number of nitrogens with zero attached hydrogens (tertiary/aromatic N) is 3. The first-order valence-corrected chi connectivity index (χ1v) is 10.6. The monoisotopic (exact) mass is 437 g/mol. The molecule has 0 atom stereocenters. The quantitative estimate of drug-likeness (QED) is 0.293. The van der Waals surface area contributed by atoms with Crippen molar-refractivity contribution < 1.29 is 14.7 Å². The van der Waals surface area contributed by atoms with Crippen LogP contribution in [0.4, 0.5) is 0 Å². The van der Waals surface area contributed by atoms with E-state index in [2.05, 4.69) is 22.1 Å². The highest BCUT2D eigenvalue weighted by Gasteiger charge is 2.26. The minimum atomic E-state index is -0.366. The fourth-order valence-electron chi connectivity index (χ4n) is 3.66. The van der Waals surface area contributed by atoms with Gasteiger partial charge in [-0.05, 0) is 56.2 Å². The van der Waals surface area contributed by atoms with Gasteiger partial charge >= 0.3 is 0 Å². The number of aromatic nitrogens is 3. The lowest BCUT2D eigenvalue weighted by atomic mass is 10.1. The summed E-state index contributed by atoms with van der Waals surface area (Å²) in [6.45, 7) is 1.88. The Morgan fingerprint density at radius 2 is 1.97 bits per heavy atom. The van der Waals surface area contributed by atoms with Gasteiger partial charge in [-0.3, -0.25) is 14.8 Å². The Hall–Kier alpha value is -4.44. The van der Waals surface area contributed by atoms with Crippen molar-refractivity contribution in [3.05, 3.63) is 99.7 Å². The van der Waals surface area contributed by atoms with E-state index < -0.39 is 0 Å². The Balaban J connectivity index is 1.59. The lowest BCUT2D eigenvalue weighted by Crippen LogP contribution is -2.31. The number of pyridine rings is 3. The Morgan fingerprint density at radius 3 is 2.76 bits per heavy atom. The number of nitrogens with one attached hydrogen (secondary N) is 1. The van der Waals surface area contributed by atoms with Crippen LogP contribution in [0.5, 0.6) is 0 Å². The molecule has 3 heterocycles. The molecule has 0 unspecified atom stereocenters. The van der Waals surface area contributed by atoms with Crippen molar-refractivity contribution in [2.45, 2.75) is 25.8 Å². The summed E-state index contributed by atoms with van der Waals surface area (Å²) in [6, 6.07) is 12.9. The van der Waals surface area contributed by atoms with Crippen LogP contribution in [0.25, 0.3) is 16.7 Å². The van der Waals surface area contributed by atoms with Gasteiger partial charge < -0.3 is 9.88 Å². The molecule has 1 aliphatic rings. The molecule has 0 saturated heterocycles. The van der Waals surface area contributed by atoms with E-state index in [9.17, 15) is 14.8 Å². The third-order valence-electron chi connectivity index (χ3n) is 5.39. The van der Waals surface area contributed by atoms with Crippen LogP contribution < -0.4 is 15.5 Å². The second-order valence-corrected chi connectivity index (χ2v) is 8.15. The van der Waals surface area contributed by atoms with Gasteiger partial charge in [0.1, 0.15) is 11.2 Å². The van der Waals surface area contributed by atoms with Gasteiger partial charge in [-0.15, -0.1) is 0 Å². The van der Waals surface area contributed by atoms with Crippen LogP contribution in [0.15, 0.2) is 72.0 Å². The molecule has 1 amide bonds. The third kappa shape index (κ3) is 4.32. The number of hydrogen-bond donors (Lipinski definition) is 2. The van der Waals surface area contributed by atoms with Crippen molar-refractivity contribution in [3.63, 3.8) is 0 Å². The number of carbonyl (C=O) groups is 1. The molecule has 0 radical (unpaired) electrons. The zero-order valence-corrected chi connectivity index (χ0v) is 17.9. The number of amides is 1. The Labute approximate surface area is 189 Å². The maximum atomic E-state index is 13.0. The minimum absolute atomic E-state index is 0.0890. The van der Waals surface area contributed by atoms with E-state index in [-0.39, 0.29) is 22.9 Å². The smallest absolute Gasteiger partial charge is 0.257 e. The second kappa shape index (κ2) is 8.24. The zero-order valence-electron chi connectivity index (χ0n) is 17.9. The SMILES string of the molecule is Cc1cc(C#Cc2cccc(-n3cc(C(=O)NC4CC4)c(=O)c4cccnc43)c2)c[n+](O)c1. The Morgan fingerprint density at radius 1 is 1.15 bits per heavy atom. The van der Waals surface area contributed by atoms with E-state index in [1.54, 1.807) is 35.3 Å². The van der Waals surface area contributed by atoms with Crippen LogP contribution in [0.3, 0.4) is 0 Å². The molecule has 1 saturated carbocycles. The van der Waals surface area contributed by atoms with Crippen LogP contribution in [-0.2, 0) is 0 Å². The van der Waals surface area contributed by atoms with Crippen LogP contribution in [0, 0.1) is 18.8 Å². The molecule has 0 aliphatic heterocycles. The van der Waals surface area contributed by atoms with Gasteiger partial charge in [0.25, 0.3) is 5.91 Å². The molecule has 0 spiro atoms. The molecule has 162 valence electrons. The highest BCUT2D eigenvalue weighted by molar-refractivity contribution is 5.97. The summed E-state index contributed by atoms with van der Waals surface area (Å²) < 4.78 is 2.74. The minimum Gasteiger partial charge on any atom is -0.349 e. The third-order valence-corrected chi connectivity index (χ3v) is 5.39. The van der Waals surface area contributed by atoms with Crippen molar-refractivity contribution in [1.29, 1.82) is 0 Å². The molecule has 1 aromatic carbocycles. The van der Waals surface area contributed by atoms with E-state index in [1.807, 2.05) is 37.3 Å². The van der Waals surface area contributed by atoms with E-state index in [4.69, 9.17) is 0 Å². The molecule has 1 aliphatic carbocycles. The first-order valence-electron chi connectivity index (χ1n) is 10.6. The molecule has 7 nitrogen and oxygen atoms in total. The zero-order chi connectivity index (χ0) is 22.9. The fraction of sp³-hybridized carbons (Fsp3) is 0.154. The summed E-state index contributed by atoms with van der Waals surface area (Å²) in [4.78, 5) is 30.1. The van der Waals surface area contributed by atoms with Gasteiger partial charge in [0.15, 0.2) is 0 Å². The largest absolute Gasteiger partial charge is 0.349 e. The number of aryl methyl sites for hydroxylation is 1. The average Bonchev–Trinajstić information content (AvgIpc) is 3.62. The maximum Gasteiger partial charge on any atom is 0.257 e. The van der Waals surface area contributed by atoms with Gasteiger partial charge in [-0.1, -0.05) is 17.9 Å². The molecule has 5 rings (SSSR count). The van der Waals surface area contributed by atoms with Crippen molar-refractivity contribution in [2.75, 3.05) is 0 Å². The van der Waals surface area contributed by atoms with E-state index in [0.29, 0.717) is 16.6 Å². The summed E-state index contributed by atoms with van der Waals surface area (Å²) in [5.74, 6) is 5.80. The Kier molecular flexibility index (Phi) is 5.11. The van der Waals surface area contributed by atoms with Crippen molar-refractivity contribution in [3.8, 4) is 17.5 Å². The fourth-order valence-corrected chi connectivity index (χ4v) is 3.66. The van der Waals surface area contributed by atoms with E-state index >= 15 is 0 Å². The van der Waals surface area contributed by atoms with Gasteiger partial charge in [0, 0.05) is 40.0 Å². The first-order chi connectivity index (χ1) is 16.0. The first kappa shape index (κ1) is 20.5. The number of hydrogen-bond acceptors (Lipinski definition) is 4. The number of carbonyl (C=O) groups excluding carboxylic acids is 1. The average molecular weight is 437 g/mol. The van der Waals surface area contributed by atoms with Crippen LogP contribution in [0.1, 0.15) is 39.9 Å². The normalized spacial score (nSPS) is 12.8. The van der Waals surface area contributed by atoms with Gasteiger partial charge in [0.2, 0.25) is 17.8 Å². The van der Waals surface area contributed by atoms with Gasteiger partial charge in [0.05, 0.1) is 10.9 Å². The summed E-state index contributed by atoms with van der Waals surface area (Å²) in [5, 5.41) is 13.0. The number of benzene rings is 1. The van der Waals surface area contributed by atoms with Crippen molar-refractivity contribution in [1.82, 2.24) is 14.9 Å². The number of fused-ring (bicyclic) bond motifs is 1. The molecular formula is C26H21N4O3+. The van der Waals surface area contributed by atoms with Gasteiger partial charge in [-0.2, -0.15) is 0 Å². The highest BCUT2D eigenvalue weighted by atomic mass is 16.5. The molecule has 7 heteroatoms. The molecule has 33 heavy (non-hydrogen) atoms. The van der Waals surface area contributed by atoms with E-state index in [1.165, 1.54) is 6.20 Å². The van der Waals surface area contributed by atoms with Crippen LogP contribution in [0.2, 0.25) is 0 Å². The lowest BCUT2D eigenvalue weighted by Gasteiger charge is -2.13. The molecule has 3 aromatic heterocycles. The molecule has 0 bridgehead atoms. The predicted octanol–water partition coefficient (Wildman–Crippen LogP) is 2.51. The Bertz CT molecular complexity index is 1500. The molecule has 2 N–H and O–H groups in total. The maximum absolute atomic E-state index is 13.0. The van der Waals surface area contributed by atoms with E-state index in [0.717, 1.165) is 34.4 Å². The summed E-state index contributed by atoms with van der Waals surface area (Å²) in [7, 11) is 0. The van der Waals surface area contributed by atoms with Gasteiger partial charge in [-0.25, -0.2) is 4.98 Å². The van der Waals surface area contributed by atoms with Crippen molar-refractivity contribution >= 4 is 16.9 Å². The summed E-state index contributed by atoms with van der Waals surface area (Å²) in [6.07, 6.45) is 8.18. The summed E-state index contributed by atoms with van der Waals surface area (Å²) in [5.41, 5.74) is 3.26. The predicted molar refractivity (Wildman–Crippen MR) is 122 cm³/mol.